The van der Waals surface area contributed by atoms with Crippen molar-refractivity contribution >= 4 is 11.7 Å². The maximum atomic E-state index is 12.1. The third kappa shape index (κ3) is 3.19. The molecule has 0 atom stereocenters. The molecule has 4 rings (SSSR count). The molecule has 124 valence electrons. The number of hydrogen-bond donors (Lipinski definition) is 1. The van der Waals surface area contributed by atoms with E-state index in [1.807, 2.05) is 0 Å². The summed E-state index contributed by atoms with van der Waals surface area (Å²) in [5, 5.41) is 12.1. The van der Waals surface area contributed by atoms with Gasteiger partial charge in [0.1, 0.15) is 0 Å². The molecule has 0 unspecified atom stereocenters. The van der Waals surface area contributed by atoms with E-state index in [1.54, 1.807) is 0 Å². The van der Waals surface area contributed by atoms with Crippen LogP contribution in [-0.2, 0) is 17.6 Å². The largest absolute Gasteiger partial charge is 0.355 e. The Balaban J connectivity index is 1.33. The molecule has 0 aromatic carbocycles. The molecule has 5 heteroatoms. The third-order valence-corrected chi connectivity index (χ3v) is 5.70. The molecule has 1 aliphatic heterocycles. The van der Waals surface area contributed by atoms with E-state index in [0.29, 0.717) is 12.0 Å². The number of aromatic nitrogens is 2. The van der Waals surface area contributed by atoms with Gasteiger partial charge in [-0.1, -0.05) is 6.42 Å². The third-order valence-electron chi connectivity index (χ3n) is 5.70. The zero-order chi connectivity index (χ0) is 15.6. The quantitative estimate of drug-likeness (QED) is 0.929. The second-order valence-corrected chi connectivity index (χ2v) is 7.28. The number of anilines is 1. The Labute approximate surface area is 137 Å². The van der Waals surface area contributed by atoms with Crippen molar-refractivity contribution < 1.29 is 4.79 Å². The highest BCUT2D eigenvalue weighted by Gasteiger charge is 2.28. The summed E-state index contributed by atoms with van der Waals surface area (Å²) in [6, 6.07) is 2.58. The first-order valence-electron chi connectivity index (χ1n) is 9.20. The van der Waals surface area contributed by atoms with Crippen LogP contribution in [0.15, 0.2) is 6.07 Å². The topological polar surface area (TPSA) is 58.1 Å². The van der Waals surface area contributed by atoms with Crippen molar-refractivity contribution in [3.8, 4) is 0 Å². The number of rotatable bonds is 3. The first-order chi connectivity index (χ1) is 11.3. The second kappa shape index (κ2) is 6.46. The summed E-state index contributed by atoms with van der Waals surface area (Å²) in [5.74, 6) is 1.59. The van der Waals surface area contributed by atoms with Crippen LogP contribution in [0.4, 0.5) is 5.82 Å². The van der Waals surface area contributed by atoms with Gasteiger partial charge in [-0.3, -0.25) is 4.79 Å². The molecule has 1 aromatic heterocycles. The molecule has 23 heavy (non-hydrogen) atoms. The van der Waals surface area contributed by atoms with Crippen molar-refractivity contribution in [2.45, 2.75) is 63.8 Å². The van der Waals surface area contributed by atoms with Gasteiger partial charge in [0.2, 0.25) is 5.91 Å². The van der Waals surface area contributed by atoms with Gasteiger partial charge in [-0.15, -0.1) is 5.10 Å². The van der Waals surface area contributed by atoms with E-state index in [0.717, 1.165) is 57.4 Å². The molecule has 5 nitrogen and oxygen atoms in total. The number of amides is 1. The number of nitrogens with zero attached hydrogens (tertiary/aromatic N) is 3. The summed E-state index contributed by atoms with van der Waals surface area (Å²) in [6.45, 7) is 1.92. The number of hydrogen-bond acceptors (Lipinski definition) is 4. The number of aryl methyl sites for hydroxylation is 2. The summed E-state index contributed by atoms with van der Waals surface area (Å²) in [6.07, 6.45) is 10.1. The molecule has 1 N–H and O–H groups in total. The van der Waals surface area contributed by atoms with Gasteiger partial charge in [0.25, 0.3) is 0 Å². The van der Waals surface area contributed by atoms with E-state index in [9.17, 15) is 4.79 Å². The highest BCUT2D eigenvalue weighted by molar-refractivity contribution is 5.79. The van der Waals surface area contributed by atoms with Gasteiger partial charge < -0.3 is 10.2 Å². The molecule has 2 aliphatic carbocycles. The smallest absolute Gasteiger partial charge is 0.223 e. The van der Waals surface area contributed by atoms with Crippen molar-refractivity contribution in [1.29, 1.82) is 0 Å². The molecule has 2 heterocycles. The minimum atomic E-state index is 0.281. The maximum Gasteiger partial charge on any atom is 0.223 e. The van der Waals surface area contributed by atoms with Gasteiger partial charge in [0, 0.05) is 25.0 Å². The van der Waals surface area contributed by atoms with Crippen LogP contribution in [0.3, 0.4) is 0 Å². The molecule has 1 saturated heterocycles. The van der Waals surface area contributed by atoms with E-state index in [-0.39, 0.29) is 5.91 Å². The molecule has 0 spiro atoms. The van der Waals surface area contributed by atoms with E-state index < -0.39 is 0 Å². The lowest BCUT2D eigenvalue weighted by Crippen LogP contribution is -2.47. The molecular formula is C18H26N4O. The molecule has 1 amide bonds. The minimum absolute atomic E-state index is 0.281. The van der Waals surface area contributed by atoms with Crippen molar-refractivity contribution in [2.75, 3.05) is 18.0 Å². The average molecular weight is 314 g/mol. The van der Waals surface area contributed by atoms with Gasteiger partial charge >= 0.3 is 0 Å². The normalized spacial score (nSPS) is 22.3. The molecular weight excluding hydrogens is 288 g/mol. The first kappa shape index (κ1) is 14.9. The summed E-state index contributed by atoms with van der Waals surface area (Å²) in [4.78, 5) is 14.4. The van der Waals surface area contributed by atoms with Crippen LogP contribution >= 0.6 is 0 Å². The SMILES string of the molecule is O=C(NC1CCN(c2cc3c(nn2)CCCC3)CC1)C1CCC1. The van der Waals surface area contributed by atoms with Gasteiger partial charge in [0.15, 0.2) is 5.82 Å². The molecule has 3 aliphatic rings. The van der Waals surface area contributed by atoms with E-state index in [2.05, 4.69) is 26.5 Å². The molecule has 0 bridgehead atoms. The van der Waals surface area contributed by atoms with Crippen LogP contribution in [0.5, 0.6) is 0 Å². The predicted molar refractivity (Wildman–Crippen MR) is 89.4 cm³/mol. The van der Waals surface area contributed by atoms with E-state index in [4.69, 9.17) is 0 Å². The zero-order valence-corrected chi connectivity index (χ0v) is 13.8. The number of nitrogens with one attached hydrogen (secondary N) is 1. The van der Waals surface area contributed by atoms with E-state index >= 15 is 0 Å². The average Bonchev–Trinajstić information content (AvgIpc) is 2.53. The lowest BCUT2D eigenvalue weighted by Gasteiger charge is -2.35. The number of carbonyl (C=O) groups excluding carboxylic acids is 1. The Kier molecular flexibility index (Phi) is 4.19. The van der Waals surface area contributed by atoms with Gasteiger partial charge in [-0.05, 0) is 63.0 Å². The fourth-order valence-electron chi connectivity index (χ4n) is 3.88. The monoisotopic (exact) mass is 314 g/mol. The van der Waals surface area contributed by atoms with Crippen molar-refractivity contribution in [3.63, 3.8) is 0 Å². The lowest BCUT2D eigenvalue weighted by atomic mass is 9.84. The highest BCUT2D eigenvalue weighted by Crippen LogP contribution is 2.27. The molecule has 2 fully saturated rings. The summed E-state index contributed by atoms with van der Waals surface area (Å²) >= 11 is 0. The zero-order valence-electron chi connectivity index (χ0n) is 13.8. The predicted octanol–water partition coefficient (Wildman–Crippen LogP) is 2.24. The van der Waals surface area contributed by atoms with Crippen LogP contribution < -0.4 is 10.2 Å². The Morgan fingerprint density at radius 3 is 2.57 bits per heavy atom. The molecule has 0 radical (unpaired) electrons. The van der Waals surface area contributed by atoms with Crippen LogP contribution in [0, 0.1) is 5.92 Å². The summed E-state index contributed by atoms with van der Waals surface area (Å²) in [7, 11) is 0. The highest BCUT2D eigenvalue weighted by atomic mass is 16.2. The van der Waals surface area contributed by atoms with Gasteiger partial charge in [-0.25, -0.2) is 0 Å². The Morgan fingerprint density at radius 1 is 1.04 bits per heavy atom. The van der Waals surface area contributed by atoms with Crippen molar-refractivity contribution in [3.05, 3.63) is 17.3 Å². The van der Waals surface area contributed by atoms with Gasteiger partial charge in [-0.2, -0.15) is 5.10 Å². The Bertz CT molecular complexity index is 576. The minimum Gasteiger partial charge on any atom is -0.355 e. The lowest BCUT2D eigenvalue weighted by molar-refractivity contribution is -0.128. The number of carbonyl (C=O) groups is 1. The maximum absolute atomic E-state index is 12.1. The molecule has 1 aromatic rings. The fourth-order valence-corrected chi connectivity index (χ4v) is 3.88. The van der Waals surface area contributed by atoms with Crippen molar-refractivity contribution in [1.82, 2.24) is 15.5 Å². The van der Waals surface area contributed by atoms with Gasteiger partial charge in [0.05, 0.1) is 5.69 Å². The molecule has 1 saturated carbocycles. The first-order valence-corrected chi connectivity index (χ1v) is 9.20. The van der Waals surface area contributed by atoms with E-state index in [1.165, 1.54) is 30.5 Å². The van der Waals surface area contributed by atoms with Crippen LogP contribution in [0.2, 0.25) is 0 Å². The number of piperidine rings is 1. The Hall–Kier alpha value is -1.65. The summed E-state index contributed by atoms with van der Waals surface area (Å²) in [5.41, 5.74) is 2.59. The van der Waals surface area contributed by atoms with Crippen LogP contribution in [0.25, 0.3) is 0 Å². The Morgan fingerprint density at radius 2 is 1.83 bits per heavy atom. The number of fused-ring (bicyclic) bond motifs is 1. The fraction of sp³-hybridized carbons (Fsp3) is 0.722. The van der Waals surface area contributed by atoms with Crippen LogP contribution in [0.1, 0.15) is 56.2 Å². The summed E-state index contributed by atoms with van der Waals surface area (Å²) < 4.78 is 0. The standard InChI is InChI=1S/C18H26N4O/c23-18(13-5-3-6-13)19-15-8-10-22(11-9-15)17-12-14-4-1-2-7-16(14)20-21-17/h12-13,15H,1-11H2,(H,19,23). The van der Waals surface area contributed by atoms with Crippen LogP contribution in [-0.4, -0.2) is 35.2 Å². The second-order valence-electron chi connectivity index (χ2n) is 7.28. The van der Waals surface area contributed by atoms with Crippen molar-refractivity contribution in [2.24, 2.45) is 5.92 Å².